The molecule has 3 N–H and O–H groups in total. The van der Waals surface area contributed by atoms with Crippen molar-refractivity contribution in [1.82, 2.24) is 14.9 Å². The van der Waals surface area contributed by atoms with E-state index in [-0.39, 0.29) is 30.8 Å². The molecule has 4 heterocycles. The lowest BCUT2D eigenvalue weighted by atomic mass is 10.0. The molecule has 288 valence electrons. The van der Waals surface area contributed by atoms with E-state index in [0.717, 1.165) is 24.8 Å². The number of hydrogen-bond donors (Lipinski definition) is 3. The number of carbonyl (C=O) groups is 4. The zero-order valence-corrected chi connectivity index (χ0v) is 31.3. The van der Waals surface area contributed by atoms with E-state index in [4.69, 9.17) is 16.3 Å². The average Bonchev–Trinajstić information content (AvgIpc) is 4.01. The number of rotatable bonds is 7. The fourth-order valence-corrected chi connectivity index (χ4v) is 9.79. The van der Waals surface area contributed by atoms with Crippen molar-refractivity contribution in [1.29, 1.82) is 0 Å². The molecule has 2 saturated heterocycles. The third-order valence-electron chi connectivity index (χ3n) is 11.7. The van der Waals surface area contributed by atoms with E-state index in [2.05, 4.69) is 15.4 Å². The van der Waals surface area contributed by atoms with Crippen molar-refractivity contribution >= 4 is 62.5 Å². The Bertz CT molecular complexity index is 2110. The summed E-state index contributed by atoms with van der Waals surface area (Å²) in [4.78, 5) is 86.2. The van der Waals surface area contributed by atoms with Gasteiger partial charge < -0.3 is 25.2 Å². The number of benzene rings is 1. The fourth-order valence-electron chi connectivity index (χ4n) is 8.16. The molecule has 0 spiro atoms. The van der Waals surface area contributed by atoms with Crippen LogP contribution in [-0.2, 0) is 35.6 Å². The zero-order valence-electron chi connectivity index (χ0n) is 29.7. The van der Waals surface area contributed by atoms with Crippen LogP contribution in [0.2, 0.25) is 5.02 Å². The number of amides is 4. The Morgan fingerprint density at radius 3 is 2.52 bits per heavy atom. The Morgan fingerprint density at radius 2 is 1.78 bits per heavy atom. The number of ether oxygens (including phenoxy) is 1. The van der Waals surface area contributed by atoms with Crippen LogP contribution in [0.4, 0.5) is 21.9 Å². The number of nitrogens with zero attached hydrogens (tertiary/aromatic N) is 3. The molecule has 4 amide bonds. The summed E-state index contributed by atoms with van der Waals surface area (Å²) in [5.41, 5.74) is -1.07. The van der Waals surface area contributed by atoms with Crippen molar-refractivity contribution in [3.8, 4) is 0 Å². The van der Waals surface area contributed by atoms with Crippen LogP contribution < -0.4 is 36.0 Å². The van der Waals surface area contributed by atoms with E-state index < -0.39 is 79.6 Å². The highest BCUT2D eigenvalue weighted by molar-refractivity contribution is 7.91. The van der Waals surface area contributed by atoms with Crippen LogP contribution in [0.25, 0.3) is 0 Å². The normalized spacial score (nSPS) is 29.2. The number of carbonyl (C=O) groups excluding carboxylic acids is 4. The van der Waals surface area contributed by atoms with Gasteiger partial charge in [0.25, 0.3) is 16.8 Å². The number of fused-ring (bicyclic) bond motifs is 3. The Morgan fingerprint density at radius 1 is 0.981 bits per heavy atom. The highest BCUT2D eigenvalue weighted by Crippen LogP contribution is 2.46. The highest BCUT2D eigenvalue weighted by atomic mass is 35.5. The lowest BCUT2D eigenvalue weighted by molar-refractivity contribution is -0.140. The molecule has 0 radical (unpaired) electrons. The van der Waals surface area contributed by atoms with Gasteiger partial charge in [-0.2, -0.15) is 0 Å². The summed E-state index contributed by atoms with van der Waals surface area (Å²) in [5, 5.41) is 5.78. The van der Waals surface area contributed by atoms with Gasteiger partial charge in [-0.1, -0.05) is 42.7 Å². The summed E-state index contributed by atoms with van der Waals surface area (Å²) in [6, 6.07) is 3.06. The number of anilines is 3. The Kier molecular flexibility index (Phi) is 9.47. The molecule has 2 saturated carbocycles. The monoisotopic (exact) mass is 782 g/mol. The van der Waals surface area contributed by atoms with Crippen LogP contribution >= 0.6 is 11.6 Å². The lowest BCUT2D eigenvalue weighted by Crippen LogP contribution is -2.58. The van der Waals surface area contributed by atoms with Crippen molar-refractivity contribution in [2.24, 2.45) is 5.92 Å². The third-order valence-corrected chi connectivity index (χ3v) is 13.9. The van der Waals surface area contributed by atoms with Crippen LogP contribution in [0, 0.1) is 5.92 Å². The first-order valence-corrected chi connectivity index (χ1v) is 20.8. The van der Waals surface area contributed by atoms with E-state index in [0.29, 0.717) is 68.9 Å². The largest absolute Gasteiger partial charge is 0.444 e. The number of allylic oxidation sites excluding steroid dienone is 1. The first-order valence-electron chi connectivity index (χ1n) is 18.8. The molecule has 0 aromatic heterocycles. The quantitative estimate of drug-likeness (QED) is 0.275. The maximum atomic E-state index is 14.6. The van der Waals surface area contributed by atoms with Gasteiger partial charge in [0, 0.05) is 37.0 Å². The standard InChI is InChI=1S/C37H43ClN6O9S/c38-25-9-6-11-27-24(25)14-17-43(27)36(50)53-22-18-28-33(47)40-37(35(49)41-54(51,52)23-12-13-23)19-21(37)8-4-2-1-3-5-10-26(34(48)44(28)20-22)39-29-30(32(46)31(29)45)42-15-7-16-42/h4,6,8-9,11,21-23,26,28,39H,1-3,5,7,10,12-20H2,(H,40,47)(H,41,49)/b8-4-/t21-,22-,26+,28+,37-/m1/s1. The van der Waals surface area contributed by atoms with Gasteiger partial charge in [0.05, 0.1) is 17.5 Å². The van der Waals surface area contributed by atoms with Gasteiger partial charge in [-0.15, -0.1) is 0 Å². The fraction of sp³-hybridized carbons (Fsp3) is 0.568. The molecule has 4 fully saturated rings. The number of sulfonamides is 1. The van der Waals surface area contributed by atoms with Crippen molar-refractivity contribution in [3.63, 3.8) is 0 Å². The second kappa shape index (κ2) is 14.0. The molecule has 15 nitrogen and oxygen atoms in total. The summed E-state index contributed by atoms with van der Waals surface area (Å²) in [6.07, 6.45) is 7.63. The van der Waals surface area contributed by atoms with E-state index in [1.54, 1.807) is 23.1 Å². The molecule has 4 aliphatic heterocycles. The molecule has 0 bridgehead atoms. The van der Waals surface area contributed by atoms with E-state index >= 15 is 0 Å². The van der Waals surface area contributed by atoms with Crippen molar-refractivity contribution < 1.29 is 32.3 Å². The van der Waals surface area contributed by atoms with Gasteiger partial charge in [0.2, 0.25) is 21.8 Å². The molecule has 8 rings (SSSR count). The van der Waals surface area contributed by atoms with Crippen molar-refractivity contribution in [2.45, 2.75) is 99.6 Å². The van der Waals surface area contributed by atoms with Gasteiger partial charge in [-0.05, 0) is 69.1 Å². The molecular weight excluding hydrogens is 740 g/mol. The third kappa shape index (κ3) is 6.65. The Labute approximate surface area is 317 Å². The summed E-state index contributed by atoms with van der Waals surface area (Å²) >= 11 is 6.37. The molecule has 2 aromatic rings. The van der Waals surface area contributed by atoms with E-state index in [9.17, 15) is 37.2 Å². The molecule has 17 heteroatoms. The minimum Gasteiger partial charge on any atom is -0.444 e. The molecule has 54 heavy (non-hydrogen) atoms. The second-order valence-electron chi connectivity index (χ2n) is 15.3. The average molecular weight is 783 g/mol. The maximum absolute atomic E-state index is 14.6. The topological polar surface area (TPSA) is 192 Å². The predicted octanol–water partition coefficient (Wildman–Crippen LogP) is 2.10. The van der Waals surface area contributed by atoms with Gasteiger partial charge >= 0.3 is 6.09 Å². The molecule has 6 aliphatic rings. The number of nitrogens with one attached hydrogen (secondary N) is 3. The smallest absolute Gasteiger partial charge is 0.414 e. The predicted molar refractivity (Wildman–Crippen MR) is 200 cm³/mol. The van der Waals surface area contributed by atoms with Gasteiger partial charge in [0.1, 0.15) is 35.1 Å². The van der Waals surface area contributed by atoms with Gasteiger partial charge in [0.15, 0.2) is 0 Å². The van der Waals surface area contributed by atoms with Crippen LogP contribution in [-0.4, -0.2) is 92.3 Å². The second-order valence-corrected chi connectivity index (χ2v) is 17.7. The first kappa shape index (κ1) is 36.5. The molecule has 2 aromatic carbocycles. The van der Waals surface area contributed by atoms with Crippen molar-refractivity contribution in [2.75, 3.05) is 41.3 Å². The first-order chi connectivity index (χ1) is 25.9. The Balaban J connectivity index is 1.08. The minimum atomic E-state index is -3.92. The lowest BCUT2D eigenvalue weighted by Gasteiger charge is -2.36. The van der Waals surface area contributed by atoms with Crippen LogP contribution in [0.15, 0.2) is 39.9 Å². The maximum Gasteiger partial charge on any atom is 0.414 e. The number of hydrogen-bond acceptors (Lipinski definition) is 11. The van der Waals surface area contributed by atoms with Gasteiger partial charge in [-0.25, -0.2) is 13.2 Å². The molecule has 0 unspecified atom stereocenters. The van der Waals surface area contributed by atoms with E-state index in [1.165, 1.54) is 9.80 Å². The zero-order chi connectivity index (χ0) is 37.9. The van der Waals surface area contributed by atoms with Crippen LogP contribution in [0.1, 0.15) is 69.8 Å². The molecular formula is C37H43ClN6O9S. The Hall–Kier alpha value is -4.44. The summed E-state index contributed by atoms with van der Waals surface area (Å²) in [7, 11) is -3.92. The minimum absolute atomic E-state index is 0.0850. The highest BCUT2D eigenvalue weighted by Gasteiger charge is 2.62. The number of halogens is 1. The van der Waals surface area contributed by atoms with Gasteiger partial charge in [-0.3, -0.25) is 33.6 Å². The summed E-state index contributed by atoms with van der Waals surface area (Å²) in [5.74, 6) is -2.51. The summed E-state index contributed by atoms with van der Waals surface area (Å²) in [6.45, 7) is 1.43. The van der Waals surface area contributed by atoms with Crippen LogP contribution in [0.5, 0.6) is 0 Å². The SMILES string of the molecule is O=C1N[C@]2(C(=O)NS(=O)(=O)C3CC3)C[C@H]2/C=C\CCCCC[C@H](Nc2c(N3CCC3)c(=O)c2=O)C(=O)N2C[C@H](OC(=O)N3CCc4c(Cl)cccc43)C[C@@H]12. The molecule has 2 aliphatic carbocycles. The van der Waals surface area contributed by atoms with E-state index in [1.807, 2.05) is 12.2 Å². The van der Waals surface area contributed by atoms with Crippen molar-refractivity contribution in [3.05, 3.63) is 61.4 Å². The molecule has 5 atom stereocenters. The van der Waals surface area contributed by atoms with Crippen LogP contribution in [0.3, 0.4) is 0 Å². The summed E-state index contributed by atoms with van der Waals surface area (Å²) < 4.78 is 33.8.